The van der Waals surface area contributed by atoms with E-state index in [4.69, 9.17) is 14.6 Å². The van der Waals surface area contributed by atoms with Gasteiger partial charge < -0.3 is 14.6 Å². The molecule has 114 valence electrons. The Labute approximate surface area is 122 Å². The first kappa shape index (κ1) is 14.2. The molecule has 0 bridgehead atoms. The molecule has 0 aromatic heterocycles. The van der Waals surface area contributed by atoms with E-state index in [2.05, 4.69) is 0 Å². The summed E-state index contributed by atoms with van der Waals surface area (Å²) in [6.45, 7) is 0.0506. The minimum absolute atomic E-state index is 0.0506. The number of ether oxygens (including phenoxy) is 2. The molecule has 3 rings (SSSR count). The van der Waals surface area contributed by atoms with Gasteiger partial charge in [0.25, 0.3) is 0 Å². The Balaban J connectivity index is 2.12. The van der Waals surface area contributed by atoms with Crippen LogP contribution in [0.4, 0.5) is 0 Å². The van der Waals surface area contributed by atoms with Gasteiger partial charge in [-0.1, -0.05) is 0 Å². The highest BCUT2D eigenvalue weighted by molar-refractivity contribution is 7.90. The molecule has 1 heterocycles. The summed E-state index contributed by atoms with van der Waals surface area (Å²) in [6.07, 6.45) is 2.90. The van der Waals surface area contributed by atoms with Crippen LogP contribution in [0, 0.1) is 5.92 Å². The zero-order valence-electron chi connectivity index (χ0n) is 11.5. The summed E-state index contributed by atoms with van der Waals surface area (Å²) in [7, 11) is -3.47. The Morgan fingerprint density at radius 2 is 1.95 bits per heavy atom. The maximum Gasteiger partial charge on any atom is 0.303 e. The molecule has 6 nitrogen and oxygen atoms in total. The number of rotatable bonds is 5. The molecule has 1 atom stereocenters. The van der Waals surface area contributed by atoms with Gasteiger partial charge in [0.15, 0.2) is 21.3 Å². The first-order valence-corrected chi connectivity index (χ1v) is 8.61. The van der Waals surface area contributed by atoms with Crippen molar-refractivity contribution in [2.75, 3.05) is 13.0 Å². The lowest BCUT2D eigenvalue weighted by Gasteiger charge is -2.18. The molecule has 1 N–H and O–H groups in total. The fourth-order valence-corrected chi connectivity index (χ4v) is 3.73. The molecule has 21 heavy (non-hydrogen) atoms. The number of hydrogen-bond acceptors (Lipinski definition) is 5. The van der Waals surface area contributed by atoms with E-state index in [9.17, 15) is 13.2 Å². The average Bonchev–Trinajstić information content (AvgIpc) is 3.11. The summed E-state index contributed by atoms with van der Waals surface area (Å²) < 4.78 is 34.6. The molecule has 1 unspecified atom stereocenters. The lowest BCUT2D eigenvalue weighted by Crippen LogP contribution is -2.13. The van der Waals surface area contributed by atoms with Gasteiger partial charge in [-0.25, -0.2) is 8.42 Å². The second-order valence-electron chi connectivity index (χ2n) is 5.56. The molecule has 1 aliphatic heterocycles. The minimum atomic E-state index is -3.47. The highest BCUT2D eigenvalue weighted by atomic mass is 32.2. The van der Waals surface area contributed by atoms with E-state index in [-0.39, 0.29) is 29.9 Å². The number of aliphatic carboxylic acids is 1. The van der Waals surface area contributed by atoms with E-state index in [1.54, 1.807) is 6.07 Å². The molecule has 1 aromatic carbocycles. The van der Waals surface area contributed by atoms with Crippen molar-refractivity contribution in [1.82, 2.24) is 0 Å². The number of hydrogen-bond donors (Lipinski definition) is 1. The van der Waals surface area contributed by atoms with Crippen molar-refractivity contribution in [3.05, 3.63) is 17.7 Å². The van der Waals surface area contributed by atoms with Crippen molar-refractivity contribution in [2.45, 2.75) is 30.1 Å². The molecule has 0 saturated heterocycles. The van der Waals surface area contributed by atoms with Gasteiger partial charge in [0.2, 0.25) is 6.79 Å². The monoisotopic (exact) mass is 312 g/mol. The van der Waals surface area contributed by atoms with Crippen molar-refractivity contribution in [1.29, 1.82) is 0 Å². The highest BCUT2D eigenvalue weighted by Crippen LogP contribution is 2.48. The van der Waals surface area contributed by atoms with Crippen molar-refractivity contribution in [3.63, 3.8) is 0 Å². The standard InChI is InChI=1S/C14H16O6S/c1-21(17,18)13-6-12-11(19-7-20-12)4-10(13)9(5-14(15)16)8-2-3-8/h4,6,8-9H,2-3,5,7H2,1H3,(H,15,16). The minimum Gasteiger partial charge on any atom is -0.481 e. The van der Waals surface area contributed by atoms with E-state index in [0.29, 0.717) is 17.1 Å². The third-order valence-electron chi connectivity index (χ3n) is 3.89. The van der Waals surface area contributed by atoms with Gasteiger partial charge in [0.05, 0.1) is 11.3 Å². The van der Waals surface area contributed by atoms with E-state index in [1.807, 2.05) is 0 Å². The van der Waals surface area contributed by atoms with Crippen LogP contribution in [-0.2, 0) is 14.6 Å². The maximum absolute atomic E-state index is 12.0. The number of carbonyl (C=O) groups is 1. The van der Waals surface area contributed by atoms with Crippen molar-refractivity contribution >= 4 is 15.8 Å². The number of carboxylic acids is 1. The van der Waals surface area contributed by atoms with E-state index in [0.717, 1.165) is 19.1 Å². The molecule has 1 saturated carbocycles. The van der Waals surface area contributed by atoms with Crippen LogP contribution in [0.15, 0.2) is 17.0 Å². The number of benzene rings is 1. The average molecular weight is 312 g/mol. The maximum atomic E-state index is 12.0. The van der Waals surface area contributed by atoms with Crippen LogP contribution in [0.25, 0.3) is 0 Å². The largest absolute Gasteiger partial charge is 0.481 e. The molecule has 1 fully saturated rings. The Morgan fingerprint density at radius 3 is 2.48 bits per heavy atom. The van der Waals surface area contributed by atoms with Crippen LogP contribution in [0.1, 0.15) is 30.7 Å². The van der Waals surface area contributed by atoms with Gasteiger partial charge in [0.1, 0.15) is 0 Å². The summed E-state index contributed by atoms with van der Waals surface area (Å²) >= 11 is 0. The Bertz CT molecular complexity index is 690. The summed E-state index contributed by atoms with van der Waals surface area (Å²) in [5.74, 6) is -0.134. The predicted octanol–water partition coefficient (Wildman–Crippen LogP) is 1.79. The van der Waals surface area contributed by atoms with E-state index in [1.165, 1.54) is 6.07 Å². The van der Waals surface area contributed by atoms with Crippen LogP contribution < -0.4 is 9.47 Å². The fourth-order valence-electron chi connectivity index (χ4n) is 2.77. The second-order valence-corrected chi connectivity index (χ2v) is 7.54. The van der Waals surface area contributed by atoms with Crippen LogP contribution in [0.2, 0.25) is 0 Å². The topological polar surface area (TPSA) is 89.9 Å². The molecule has 7 heteroatoms. The Kier molecular flexibility index (Phi) is 3.32. The second kappa shape index (κ2) is 4.91. The molecule has 0 amide bonds. The summed E-state index contributed by atoms with van der Waals surface area (Å²) in [6, 6.07) is 3.08. The lowest BCUT2D eigenvalue weighted by molar-refractivity contribution is -0.137. The van der Waals surface area contributed by atoms with Crippen molar-refractivity contribution < 1.29 is 27.8 Å². The molecule has 2 aliphatic rings. The van der Waals surface area contributed by atoms with Crippen LogP contribution >= 0.6 is 0 Å². The van der Waals surface area contributed by atoms with E-state index >= 15 is 0 Å². The Morgan fingerprint density at radius 1 is 1.33 bits per heavy atom. The van der Waals surface area contributed by atoms with Gasteiger partial charge >= 0.3 is 5.97 Å². The first-order chi connectivity index (χ1) is 9.86. The van der Waals surface area contributed by atoms with Crippen molar-refractivity contribution in [2.24, 2.45) is 5.92 Å². The quantitative estimate of drug-likeness (QED) is 0.891. The molecular weight excluding hydrogens is 296 g/mol. The van der Waals surface area contributed by atoms with Gasteiger partial charge in [-0.15, -0.1) is 0 Å². The van der Waals surface area contributed by atoms with Gasteiger partial charge in [0, 0.05) is 12.3 Å². The zero-order valence-corrected chi connectivity index (χ0v) is 12.4. The van der Waals surface area contributed by atoms with Crippen LogP contribution in [0.5, 0.6) is 11.5 Å². The molecule has 0 spiro atoms. The van der Waals surface area contributed by atoms with Crippen LogP contribution in [-0.4, -0.2) is 32.5 Å². The van der Waals surface area contributed by atoms with Crippen LogP contribution in [0.3, 0.4) is 0 Å². The third-order valence-corrected chi connectivity index (χ3v) is 5.04. The number of carboxylic acid groups (broad SMARTS) is 1. The highest BCUT2D eigenvalue weighted by Gasteiger charge is 2.37. The normalized spacial score (nSPS) is 18.5. The third kappa shape index (κ3) is 2.83. The van der Waals surface area contributed by atoms with Crippen molar-refractivity contribution in [3.8, 4) is 11.5 Å². The predicted molar refractivity (Wildman–Crippen MR) is 73.4 cm³/mol. The smallest absolute Gasteiger partial charge is 0.303 e. The Hall–Kier alpha value is -1.76. The summed E-state index contributed by atoms with van der Waals surface area (Å²) in [4.78, 5) is 11.2. The zero-order chi connectivity index (χ0) is 15.2. The molecular formula is C14H16O6S. The molecule has 0 radical (unpaired) electrons. The van der Waals surface area contributed by atoms with Gasteiger partial charge in [-0.3, -0.25) is 4.79 Å². The summed E-state index contributed by atoms with van der Waals surface area (Å²) in [5, 5.41) is 9.10. The summed E-state index contributed by atoms with van der Waals surface area (Å²) in [5.41, 5.74) is 0.534. The molecule has 1 aliphatic carbocycles. The number of sulfone groups is 1. The number of fused-ring (bicyclic) bond motifs is 1. The van der Waals surface area contributed by atoms with E-state index < -0.39 is 15.8 Å². The van der Waals surface area contributed by atoms with Gasteiger partial charge in [-0.05, 0) is 36.3 Å². The SMILES string of the molecule is CS(=O)(=O)c1cc2c(cc1C(CC(=O)O)C1CC1)OCO2. The lowest BCUT2D eigenvalue weighted by atomic mass is 9.90. The fraction of sp³-hybridized carbons (Fsp3) is 0.500. The molecule has 1 aromatic rings. The van der Waals surface area contributed by atoms with Gasteiger partial charge in [-0.2, -0.15) is 0 Å². The first-order valence-electron chi connectivity index (χ1n) is 6.71.